The molecule has 0 bridgehead atoms. The van der Waals surface area contributed by atoms with Crippen molar-refractivity contribution in [1.29, 1.82) is 0 Å². The molecule has 0 spiro atoms. The molecule has 4 aromatic heterocycles. The second-order valence-electron chi connectivity index (χ2n) is 14.6. The van der Waals surface area contributed by atoms with Gasteiger partial charge in [0.05, 0.1) is 40.6 Å². The maximum atomic E-state index is 13.2. The smallest absolute Gasteiger partial charge is 0.332 e. The van der Waals surface area contributed by atoms with Crippen LogP contribution in [0, 0.1) is 13.8 Å². The molecule has 0 saturated carbocycles. The number of methoxy groups -OCH3 is 1. The molecule has 0 aliphatic heterocycles. The summed E-state index contributed by atoms with van der Waals surface area (Å²) in [5.74, 6) is 2.31. The lowest BCUT2D eigenvalue weighted by atomic mass is 10.1. The molecule has 4 heterocycles. The summed E-state index contributed by atoms with van der Waals surface area (Å²) < 4.78 is 16.0. The maximum absolute atomic E-state index is 13.2. The molecule has 8 rings (SSSR count). The van der Waals surface area contributed by atoms with Gasteiger partial charge in [-0.3, -0.25) is 25.0 Å². The maximum Gasteiger partial charge on any atom is 0.332 e. The first kappa shape index (κ1) is 43.2. The van der Waals surface area contributed by atoms with Gasteiger partial charge in [0, 0.05) is 54.7 Å². The Balaban J connectivity index is 0.000000227. The Morgan fingerprint density at radius 2 is 1.29 bits per heavy atom. The van der Waals surface area contributed by atoms with Crippen molar-refractivity contribution in [2.45, 2.75) is 47.0 Å². The monoisotopic (exact) mass is 844 g/mol. The number of imidazole rings is 1. The van der Waals surface area contributed by atoms with E-state index < -0.39 is 0 Å². The largest absolute Gasteiger partial charge is 0.457 e. The normalized spacial score (nSPS) is 10.8. The molecule has 0 aliphatic rings. The van der Waals surface area contributed by atoms with Crippen molar-refractivity contribution < 1.29 is 23.9 Å². The minimum Gasteiger partial charge on any atom is -0.457 e. The number of ether oxygens (including phenoxy) is 2. The fourth-order valence-corrected chi connectivity index (χ4v) is 6.60. The summed E-state index contributed by atoms with van der Waals surface area (Å²) in [7, 11) is 1.49. The number of pyridine rings is 1. The van der Waals surface area contributed by atoms with E-state index in [-0.39, 0.29) is 30.9 Å². The van der Waals surface area contributed by atoms with Crippen LogP contribution in [0.15, 0.2) is 134 Å². The van der Waals surface area contributed by atoms with E-state index in [0.717, 1.165) is 51.9 Å². The fourth-order valence-electron chi connectivity index (χ4n) is 6.60. The van der Waals surface area contributed by atoms with Gasteiger partial charge in [-0.2, -0.15) is 10.2 Å². The third-order valence-corrected chi connectivity index (χ3v) is 9.85. The van der Waals surface area contributed by atoms with Crippen LogP contribution in [0.3, 0.4) is 0 Å². The number of carbonyl (C=O) groups excluding carboxylic acids is 3. The Hall–Kier alpha value is -7.91. The molecule has 15 nitrogen and oxygen atoms in total. The number of nitrogens with zero attached hydrogens (tertiary/aromatic N) is 7. The SMILES string of the molecule is CCc1cc(NC(=O)Nc2ccc(Oc3ccnc(CC(=O)COC)c3)c3ccccc23)n(-c2ccc(C)cc2)n1.CCc1cc(NC(=O)n2ccnc2)n(-c2ccc(C)cc2)n1. The summed E-state index contributed by atoms with van der Waals surface area (Å²) in [6, 6.07) is 33.8. The summed E-state index contributed by atoms with van der Waals surface area (Å²) in [6.07, 6.45) is 7.93. The van der Waals surface area contributed by atoms with Crippen molar-refractivity contribution >= 4 is 45.9 Å². The van der Waals surface area contributed by atoms with Gasteiger partial charge in [0.25, 0.3) is 0 Å². The number of hydrogen-bond acceptors (Lipinski definition) is 9. The highest BCUT2D eigenvalue weighted by Crippen LogP contribution is 2.35. The lowest BCUT2D eigenvalue weighted by Crippen LogP contribution is -2.21. The summed E-state index contributed by atoms with van der Waals surface area (Å²) >= 11 is 0. The predicted octanol–water partition coefficient (Wildman–Crippen LogP) is 9.51. The van der Waals surface area contributed by atoms with E-state index in [9.17, 15) is 14.4 Å². The van der Waals surface area contributed by atoms with Crippen LogP contribution < -0.4 is 20.7 Å². The number of amides is 3. The molecule has 0 unspecified atom stereocenters. The minimum atomic E-state index is -0.390. The molecular formula is C48H48N10O5. The first-order valence-electron chi connectivity index (χ1n) is 20.4. The van der Waals surface area contributed by atoms with E-state index in [1.807, 2.05) is 113 Å². The van der Waals surface area contributed by atoms with Gasteiger partial charge in [0.2, 0.25) is 0 Å². The van der Waals surface area contributed by atoms with Gasteiger partial charge in [-0.1, -0.05) is 73.5 Å². The number of nitrogens with one attached hydrogen (secondary N) is 3. The Bertz CT molecular complexity index is 2830. The highest BCUT2D eigenvalue weighted by molar-refractivity contribution is 6.07. The Kier molecular flexibility index (Phi) is 13.8. The lowest BCUT2D eigenvalue weighted by molar-refractivity contribution is -0.122. The zero-order valence-electron chi connectivity index (χ0n) is 35.7. The van der Waals surface area contributed by atoms with Crippen LogP contribution in [0.25, 0.3) is 22.1 Å². The van der Waals surface area contributed by atoms with E-state index in [1.54, 1.807) is 52.2 Å². The van der Waals surface area contributed by atoms with Crippen LogP contribution in [0.4, 0.5) is 26.9 Å². The standard InChI is InChI=1S/C32H31N5O4.C16H17N5O/c1-4-22-19-31(37(36-22)24-11-9-21(2)10-12-24)35-32(39)34-29-13-14-30(28-8-6-5-7-27(28)29)41-26-15-16-33-23(18-26)17-25(38)20-40-3;1-3-13-10-15(18-16(22)20-9-8-17-11-20)21(19-13)14-6-4-12(2)5-7-14/h5-16,18-19H,4,17,20H2,1-3H3,(H2,34,35,39);4-11H,3H2,1-2H3,(H,18,22). The highest BCUT2D eigenvalue weighted by Gasteiger charge is 2.16. The van der Waals surface area contributed by atoms with Gasteiger partial charge < -0.3 is 14.8 Å². The van der Waals surface area contributed by atoms with Crippen molar-refractivity contribution in [3.63, 3.8) is 0 Å². The topological polar surface area (TPSA) is 172 Å². The lowest BCUT2D eigenvalue weighted by Gasteiger charge is -2.14. The van der Waals surface area contributed by atoms with E-state index in [2.05, 4.69) is 36.1 Å². The van der Waals surface area contributed by atoms with E-state index in [1.165, 1.54) is 23.6 Å². The third kappa shape index (κ3) is 10.9. The summed E-state index contributed by atoms with van der Waals surface area (Å²) in [6.45, 7) is 8.15. The van der Waals surface area contributed by atoms with Crippen molar-refractivity contribution in [1.82, 2.24) is 34.1 Å². The number of carbonyl (C=O) groups is 3. The van der Waals surface area contributed by atoms with Gasteiger partial charge in [0.1, 0.15) is 36.1 Å². The molecule has 3 N–H and O–H groups in total. The number of ketones is 1. The number of rotatable bonds is 13. The zero-order chi connectivity index (χ0) is 44.3. The number of anilines is 3. The average molecular weight is 845 g/mol. The predicted molar refractivity (Wildman–Crippen MR) is 243 cm³/mol. The van der Waals surface area contributed by atoms with Gasteiger partial charge in [-0.15, -0.1) is 0 Å². The van der Waals surface area contributed by atoms with Crippen molar-refractivity contribution in [2.24, 2.45) is 0 Å². The molecule has 0 fully saturated rings. The van der Waals surface area contributed by atoms with Crippen LogP contribution in [-0.2, 0) is 28.8 Å². The molecule has 63 heavy (non-hydrogen) atoms. The Labute approximate surface area is 364 Å². The average Bonchev–Trinajstić information content (AvgIpc) is 4.07. The summed E-state index contributed by atoms with van der Waals surface area (Å²) in [4.78, 5) is 45.5. The summed E-state index contributed by atoms with van der Waals surface area (Å²) in [5.41, 5.74) is 7.10. The zero-order valence-corrected chi connectivity index (χ0v) is 35.7. The molecule has 15 heteroatoms. The fraction of sp³-hybridized carbons (Fsp3) is 0.188. The molecule has 0 saturated heterocycles. The number of aryl methyl sites for hydroxylation is 4. The quantitative estimate of drug-likeness (QED) is 0.102. The van der Waals surface area contributed by atoms with Crippen molar-refractivity contribution in [3.8, 4) is 22.9 Å². The van der Waals surface area contributed by atoms with Crippen LogP contribution in [0.2, 0.25) is 0 Å². The first-order valence-corrected chi connectivity index (χ1v) is 20.4. The highest BCUT2D eigenvalue weighted by atomic mass is 16.5. The summed E-state index contributed by atoms with van der Waals surface area (Å²) in [5, 5.41) is 19.6. The van der Waals surface area contributed by atoms with Crippen LogP contribution in [0.1, 0.15) is 42.1 Å². The molecule has 3 amide bonds. The number of benzene rings is 4. The number of urea groups is 1. The third-order valence-electron chi connectivity index (χ3n) is 9.85. The number of hydrogen-bond donors (Lipinski definition) is 3. The molecule has 8 aromatic rings. The van der Waals surface area contributed by atoms with E-state index in [4.69, 9.17) is 9.47 Å². The Morgan fingerprint density at radius 3 is 1.87 bits per heavy atom. The van der Waals surface area contributed by atoms with Gasteiger partial charge in [-0.05, 0) is 69.2 Å². The van der Waals surface area contributed by atoms with Gasteiger partial charge in [0.15, 0.2) is 5.78 Å². The van der Waals surface area contributed by atoms with Crippen LogP contribution >= 0.6 is 0 Å². The van der Waals surface area contributed by atoms with E-state index >= 15 is 0 Å². The van der Waals surface area contributed by atoms with Crippen molar-refractivity contribution in [3.05, 3.63) is 162 Å². The molecule has 0 atom stereocenters. The minimum absolute atomic E-state index is 0.0352. The van der Waals surface area contributed by atoms with E-state index in [0.29, 0.717) is 34.5 Å². The molecular weight excluding hydrogens is 797 g/mol. The van der Waals surface area contributed by atoms with Crippen LogP contribution in [0.5, 0.6) is 11.5 Å². The molecule has 4 aromatic carbocycles. The number of aromatic nitrogens is 7. The molecule has 0 radical (unpaired) electrons. The van der Waals surface area contributed by atoms with Gasteiger partial charge >= 0.3 is 12.1 Å². The van der Waals surface area contributed by atoms with Crippen molar-refractivity contribution in [2.75, 3.05) is 29.7 Å². The first-order chi connectivity index (χ1) is 30.6. The second kappa shape index (κ2) is 20.1. The molecule has 320 valence electrons. The van der Waals surface area contributed by atoms with Gasteiger partial charge in [-0.25, -0.2) is 23.9 Å². The second-order valence-corrected chi connectivity index (χ2v) is 14.6. The number of fused-ring (bicyclic) bond motifs is 1. The number of Topliss-reactive ketones (excluding diaryl/α,β-unsaturated/α-hetero) is 1. The molecule has 0 aliphatic carbocycles. The van der Waals surface area contributed by atoms with Crippen LogP contribution in [-0.4, -0.2) is 65.7 Å². The Morgan fingerprint density at radius 1 is 0.667 bits per heavy atom.